The fraction of sp³-hybridized carbons (Fsp3) is 0.143. The zero-order valence-corrected chi connectivity index (χ0v) is 17.9. The van der Waals surface area contributed by atoms with Crippen LogP contribution in [0.2, 0.25) is 0 Å². The molecule has 3 N–H and O–H groups in total. The highest BCUT2D eigenvalue weighted by Gasteiger charge is 2.23. The van der Waals surface area contributed by atoms with Crippen LogP contribution >= 0.6 is 0 Å². The summed E-state index contributed by atoms with van der Waals surface area (Å²) in [4.78, 5) is 10.4. The van der Waals surface area contributed by atoms with Crippen molar-refractivity contribution in [1.29, 1.82) is 0 Å². The summed E-state index contributed by atoms with van der Waals surface area (Å²) >= 11 is 0. The molecule has 3 heteroatoms. The molecule has 31 heavy (non-hydrogen) atoms. The molecular weight excluding hydrogens is 378 g/mol. The van der Waals surface area contributed by atoms with Crippen molar-refractivity contribution < 1.29 is 0 Å². The second kappa shape index (κ2) is 8.19. The maximum absolute atomic E-state index is 3.78. The summed E-state index contributed by atoms with van der Waals surface area (Å²) < 4.78 is 0. The number of hydrogen-bond donors (Lipinski definition) is 3. The molecule has 3 aromatic heterocycles. The predicted molar refractivity (Wildman–Crippen MR) is 127 cm³/mol. The van der Waals surface area contributed by atoms with Gasteiger partial charge >= 0.3 is 0 Å². The lowest BCUT2D eigenvalue weighted by atomic mass is 9.90. The standard InChI is InChI=1S/C28H27N3/c1-19-5-9-21(10-6-19)27(23-15-17-29-18-23)25-13-14-26(31-25)28(24-4-3-16-30-24)22-11-7-20(2)8-12-22/h3-18,27-31H,1-2H3. The third-order valence-corrected chi connectivity index (χ3v) is 6.06. The molecule has 0 saturated heterocycles. The maximum Gasteiger partial charge on any atom is 0.0641 e. The molecule has 2 aromatic carbocycles. The van der Waals surface area contributed by atoms with Crippen LogP contribution in [0.15, 0.2) is 97.5 Å². The van der Waals surface area contributed by atoms with Crippen molar-refractivity contribution in [2.75, 3.05) is 0 Å². The second-order valence-electron chi connectivity index (χ2n) is 8.33. The van der Waals surface area contributed by atoms with Crippen LogP contribution in [0.4, 0.5) is 0 Å². The Kier molecular flexibility index (Phi) is 5.09. The molecule has 0 aliphatic rings. The molecule has 0 saturated carbocycles. The minimum Gasteiger partial charge on any atom is -0.367 e. The predicted octanol–water partition coefficient (Wildman–Crippen LogP) is 6.65. The van der Waals surface area contributed by atoms with E-state index in [0.29, 0.717) is 0 Å². The molecule has 2 unspecified atom stereocenters. The SMILES string of the molecule is Cc1ccc(C(c2cc[nH]c2)c2ccc(C(c3ccc(C)cc3)c3ccc[nH]3)[nH]2)cc1. The minimum atomic E-state index is 0.134. The van der Waals surface area contributed by atoms with Crippen LogP contribution < -0.4 is 0 Å². The molecule has 3 nitrogen and oxygen atoms in total. The fourth-order valence-electron chi connectivity index (χ4n) is 4.40. The normalized spacial score (nSPS) is 13.2. The van der Waals surface area contributed by atoms with E-state index in [1.165, 1.54) is 44.9 Å². The van der Waals surface area contributed by atoms with Crippen LogP contribution in [0.3, 0.4) is 0 Å². The average Bonchev–Trinajstić information content (AvgIpc) is 3.55. The Balaban J connectivity index is 1.59. The summed E-state index contributed by atoms with van der Waals surface area (Å²) in [6.45, 7) is 4.26. The van der Waals surface area contributed by atoms with Crippen molar-refractivity contribution in [2.24, 2.45) is 0 Å². The topological polar surface area (TPSA) is 47.4 Å². The van der Waals surface area contributed by atoms with E-state index in [1.807, 2.05) is 12.4 Å². The molecule has 0 fully saturated rings. The van der Waals surface area contributed by atoms with Crippen LogP contribution in [0.25, 0.3) is 0 Å². The van der Waals surface area contributed by atoms with E-state index in [1.54, 1.807) is 0 Å². The first-order chi connectivity index (χ1) is 15.2. The van der Waals surface area contributed by atoms with Gasteiger partial charge in [-0.1, -0.05) is 59.7 Å². The van der Waals surface area contributed by atoms with Gasteiger partial charge in [-0.05, 0) is 60.9 Å². The second-order valence-corrected chi connectivity index (χ2v) is 8.33. The summed E-state index contributed by atoms with van der Waals surface area (Å²) in [6, 6.07) is 28.5. The molecule has 0 radical (unpaired) electrons. The highest BCUT2D eigenvalue weighted by atomic mass is 14.8. The quantitative estimate of drug-likeness (QED) is 0.283. The van der Waals surface area contributed by atoms with Gasteiger partial charge in [-0.2, -0.15) is 0 Å². The molecule has 154 valence electrons. The zero-order chi connectivity index (χ0) is 21.2. The minimum absolute atomic E-state index is 0.134. The van der Waals surface area contributed by atoms with Gasteiger partial charge in [0.15, 0.2) is 0 Å². The third-order valence-electron chi connectivity index (χ3n) is 6.06. The van der Waals surface area contributed by atoms with Gasteiger partial charge in [-0.3, -0.25) is 0 Å². The molecule has 5 rings (SSSR count). The maximum atomic E-state index is 3.78. The summed E-state index contributed by atoms with van der Waals surface area (Å²) in [5, 5.41) is 0. The first-order valence-electron chi connectivity index (χ1n) is 10.8. The number of hydrogen-bond acceptors (Lipinski definition) is 0. The van der Waals surface area contributed by atoms with Gasteiger partial charge in [0.25, 0.3) is 0 Å². The number of nitrogens with one attached hydrogen (secondary N) is 3. The average molecular weight is 406 g/mol. The van der Waals surface area contributed by atoms with Crippen molar-refractivity contribution >= 4 is 0 Å². The lowest BCUT2D eigenvalue weighted by molar-refractivity contribution is 0.863. The molecule has 0 aliphatic carbocycles. The number of H-pyrrole nitrogens is 3. The van der Waals surface area contributed by atoms with Gasteiger partial charge in [0, 0.05) is 35.7 Å². The van der Waals surface area contributed by atoms with Crippen LogP contribution in [0.1, 0.15) is 56.7 Å². The van der Waals surface area contributed by atoms with Crippen molar-refractivity contribution in [2.45, 2.75) is 25.7 Å². The Morgan fingerprint density at radius 2 is 1.16 bits per heavy atom. The number of aromatic nitrogens is 3. The van der Waals surface area contributed by atoms with Crippen LogP contribution in [-0.4, -0.2) is 15.0 Å². The van der Waals surface area contributed by atoms with E-state index in [0.717, 1.165) is 0 Å². The van der Waals surface area contributed by atoms with Crippen LogP contribution in [0, 0.1) is 13.8 Å². The number of benzene rings is 2. The summed E-state index contributed by atoms with van der Waals surface area (Å²) in [5.74, 6) is 0.289. The molecule has 0 bridgehead atoms. The Morgan fingerprint density at radius 1 is 0.548 bits per heavy atom. The van der Waals surface area contributed by atoms with E-state index >= 15 is 0 Å². The number of rotatable bonds is 6. The van der Waals surface area contributed by atoms with E-state index in [2.05, 4.69) is 114 Å². The van der Waals surface area contributed by atoms with Crippen LogP contribution in [0.5, 0.6) is 0 Å². The Labute approximate surface area is 183 Å². The summed E-state index contributed by atoms with van der Waals surface area (Å²) in [6.07, 6.45) is 6.08. The Hall–Kier alpha value is -3.72. The molecule has 5 aromatic rings. The van der Waals surface area contributed by atoms with Crippen molar-refractivity contribution in [3.63, 3.8) is 0 Å². The van der Waals surface area contributed by atoms with Crippen molar-refractivity contribution in [1.82, 2.24) is 15.0 Å². The van der Waals surface area contributed by atoms with Gasteiger partial charge in [-0.25, -0.2) is 0 Å². The van der Waals surface area contributed by atoms with Gasteiger partial charge in [0.1, 0.15) is 0 Å². The van der Waals surface area contributed by atoms with Gasteiger partial charge < -0.3 is 15.0 Å². The third kappa shape index (κ3) is 3.87. The monoisotopic (exact) mass is 405 g/mol. The Bertz CT molecular complexity index is 1130. The molecule has 3 heterocycles. The van der Waals surface area contributed by atoms with E-state index in [-0.39, 0.29) is 11.8 Å². The smallest absolute Gasteiger partial charge is 0.0641 e. The lowest BCUT2D eigenvalue weighted by Crippen LogP contribution is -2.07. The summed E-state index contributed by atoms with van der Waals surface area (Å²) in [5.41, 5.74) is 9.93. The van der Waals surface area contributed by atoms with E-state index in [9.17, 15) is 0 Å². The molecular formula is C28H27N3. The number of aromatic amines is 3. The Morgan fingerprint density at radius 3 is 1.71 bits per heavy atom. The van der Waals surface area contributed by atoms with E-state index < -0.39 is 0 Å². The largest absolute Gasteiger partial charge is 0.367 e. The molecule has 0 aliphatic heterocycles. The lowest BCUT2D eigenvalue weighted by Gasteiger charge is -2.18. The highest BCUT2D eigenvalue weighted by Crippen LogP contribution is 2.35. The van der Waals surface area contributed by atoms with Gasteiger partial charge in [-0.15, -0.1) is 0 Å². The van der Waals surface area contributed by atoms with Gasteiger partial charge in [0.05, 0.1) is 11.8 Å². The van der Waals surface area contributed by atoms with Crippen LogP contribution in [-0.2, 0) is 0 Å². The fourth-order valence-corrected chi connectivity index (χ4v) is 4.40. The van der Waals surface area contributed by atoms with E-state index in [4.69, 9.17) is 0 Å². The van der Waals surface area contributed by atoms with Crippen molar-refractivity contribution in [3.05, 3.63) is 142 Å². The molecule has 0 amide bonds. The zero-order valence-electron chi connectivity index (χ0n) is 17.9. The first kappa shape index (κ1) is 19.3. The molecule has 0 spiro atoms. The van der Waals surface area contributed by atoms with Gasteiger partial charge in [0.2, 0.25) is 0 Å². The number of aryl methyl sites for hydroxylation is 2. The van der Waals surface area contributed by atoms with Crippen molar-refractivity contribution in [3.8, 4) is 0 Å². The summed E-state index contributed by atoms with van der Waals surface area (Å²) in [7, 11) is 0. The first-order valence-corrected chi connectivity index (χ1v) is 10.8. The highest BCUT2D eigenvalue weighted by molar-refractivity contribution is 5.44. The molecule has 2 atom stereocenters.